The number of hydrogen-bond acceptors (Lipinski definition) is 5. The van der Waals surface area contributed by atoms with Gasteiger partial charge in [-0.25, -0.2) is 8.42 Å². The Kier molecular flexibility index (Phi) is 16.8. The van der Waals surface area contributed by atoms with Crippen LogP contribution < -0.4 is 29.6 Å². The molecule has 1 atom stereocenters. The van der Waals surface area contributed by atoms with E-state index in [0.29, 0.717) is 19.4 Å². The van der Waals surface area contributed by atoms with E-state index < -0.39 is 16.4 Å². The van der Waals surface area contributed by atoms with E-state index in [9.17, 15) is 18.1 Å². The maximum absolute atomic E-state index is 10.9. The van der Waals surface area contributed by atoms with Gasteiger partial charge in [0.05, 0.1) is 11.5 Å². The van der Waals surface area contributed by atoms with Crippen molar-refractivity contribution in [1.29, 1.82) is 0 Å². The quantitative estimate of drug-likeness (QED) is 0.190. The molecule has 7 heteroatoms. The first kappa shape index (κ1) is 28.1. The summed E-state index contributed by atoms with van der Waals surface area (Å²) in [4.78, 5) is -0.229. The number of rotatable bonds is 16. The molecular weight excluding hydrogens is 387 g/mol. The van der Waals surface area contributed by atoms with E-state index in [1.165, 1.54) is 63.5 Å². The van der Waals surface area contributed by atoms with E-state index in [4.69, 9.17) is 4.74 Å². The normalized spacial score (nSPS) is 12.5. The van der Waals surface area contributed by atoms with Gasteiger partial charge in [-0.1, -0.05) is 76.8 Å². The molecule has 1 aromatic carbocycles. The number of aliphatic hydroxyl groups excluding tert-OH is 1. The third kappa shape index (κ3) is 14.1. The summed E-state index contributed by atoms with van der Waals surface area (Å²) in [5, 5.41) is 9.86. The molecule has 0 saturated carbocycles. The predicted octanol–water partition coefficient (Wildman–Crippen LogP) is 1.78. The molecule has 0 radical (unpaired) electrons. The summed E-state index contributed by atoms with van der Waals surface area (Å²) >= 11 is 0. The van der Waals surface area contributed by atoms with Gasteiger partial charge in [-0.05, 0) is 37.0 Å². The second kappa shape index (κ2) is 16.8. The molecule has 0 amide bonds. The molecule has 0 aliphatic heterocycles. The fourth-order valence-electron chi connectivity index (χ4n) is 3.03. The Morgan fingerprint density at radius 3 is 1.93 bits per heavy atom. The van der Waals surface area contributed by atoms with Crippen molar-refractivity contribution >= 4 is 10.1 Å². The number of ether oxygens (including phenoxy) is 1. The Hall–Kier alpha value is 0.0500. The molecule has 5 nitrogen and oxygen atoms in total. The Morgan fingerprint density at radius 1 is 0.929 bits per heavy atom. The summed E-state index contributed by atoms with van der Waals surface area (Å²) in [6.45, 7) is 2.60. The summed E-state index contributed by atoms with van der Waals surface area (Å²) < 4.78 is 38.0. The number of benzene rings is 1. The zero-order chi connectivity index (χ0) is 20.0. The van der Waals surface area contributed by atoms with Gasteiger partial charge < -0.3 is 14.4 Å². The van der Waals surface area contributed by atoms with Crippen molar-refractivity contribution in [1.82, 2.24) is 0 Å². The molecule has 0 aliphatic rings. The molecule has 0 fully saturated rings. The van der Waals surface area contributed by atoms with Crippen molar-refractivity contribution in [2.75, 3.05) is 6.61 Å². The van der Waals surface area contributed by atoms with Crippen LogP contribution in [0.25, 0.3) is 0 Å². The standard InChI is InChI=1S/C21H36O5S.Na/c1-2-3-4-5-6-7-8-9-10-11-12-21(22)26-18-17-19-13-15-20(16-14-19)27(23,24)25;/h13-16,21-22H,2-12,17-18H2,1H3,(H,23,24,25);/q;+1/p-1. The molecule has 1 unspecified atom stereocenters. The first-order valence-electron chi connectivity index (χ1n) is 10.3. The van der Waals surface area contributed by atoms with E-state index in [0.717, 1.165) is 18.4 Å². The van der Waals surface area contributed by atoms with Crippen molar-refractivity contribution in [3.63, 3.8) is 0 Å². The van der Waals surface area contributed by atoms with Crippen LogP contribution in [-0.2, 0) is 21.3 Å². The van der Waals surface area contributed by atoms with Gasteiger partial charge in [0.15, 0.2) is 6.29 Å². The molecule has 0 aromatic heterocycles. The van der Waals surface area contributed by atoms with Crippen molar-refractivity contribution in [2.45, 2.75) is 95.2 Å². The molecule has 0 saturated heterocycles. The van der Waals surface area contributed by atoms with Gasteiger partial charge in [0.25, 0.3) is 0 Å². The first-order valence-corrected chi connectivity index (χ1v) is 11.7. The van der Waals surface area contributed by atoms with Crippen LogP contribution >= 0.6 is 0 Å². The van der Waals surface area contributed by atoms with E-state index in [1.807, 2.05) is 0 Å². The summed E-state index contributed by atoms with van der Waals surface area (Å²) in [7, 11) is -4.40. The number of unbranched alkanes of at least 4 members (excludes halogenated alkanes) is 9. The third-order valence-corrected chi connectivity index (χ3v) is 5.57. The average molecular weight is 423 g/mol. The molecule has 1 N–H and O–H groups in total. The smallest absolute Gasteiger partial charge is 0.744 e. The summed E-state index contributed by atoms with van der Waals surface area (Å²) in [5.74, 6) is 0. The second-order valence-corrected chi connectivity index (χ2v) is 8.52. The van der Waals surface area contributed by atoms with Crippen molar-refractivity contribution in [3.8, 4) is 0 Å². The largest absolute Gasteiger partial charge is 1.00 e. The first-order chi connectivity index (χ1) is 12.9. The summed E-state index contributed by atoms with van der Waals surface area (Å²) in [5.41, 5.74) is 0.869. The van der Waals surface area contributed by atoms with Gasteiger partial charge in [0.1, 0.15) is 10.1 Å². The van der Waals surface area contributed by atoms with Crippen LogP contribution in [0.15, 0.2) is 29.2 Å². The van der Waals surface area contributed by atoms with Crippen LogP contribution in [0.3, 0.4) is 0 Å². The van der Waals surface area contributed by atoms with Gasteiger partial charge in [0.2, 0.25) is 0 Å². The van der Waals surface area contributed by atoms with Crippen LogP contribution in [0.1, 0.15) is 83.1 Å². The van der Waals surface area contributed by atoms with Crippen LogP contribution in [0.2, 0.25) is 0 Å². The maximum atomic E-state index is 10.9. The van der Waals surface area contributed by atoms with Crippen LogP contribution in [0.4, 0.5) is 0 Å². The second-order valence-electron chi connectivity index (χ2n) is 7.14. The van der Waals surface area contributed by atoms with Crippen LogP contribution in [0, 0.1) is 0 Å². The summed E-state index contributed by atoms with van der Waals surface area (Å²) in [6.07, 6.45) is 13.1. The van der Waals surface area contributed by atoms with Gasteiger partial charge in [0, 0.05) is 0 Å². The molecule has 0 bridgehead atoms. The minimum absolute atomic E-state index is 0. The van der Waals surface area contributed by atoms with Gasteiger partial charge in [-0.15, -0.1) is 0 Å². The molecule has 1 aromatic rings. The monoisotopic (exact) mass is 422 g/mol. The minimum atomic E-state index is -4.40. The van der Waals surface area contributed by atoms with Gasteiger partial charge in [-0.2, -0.15) is 0 Å². The van der Waals surface area contributed by atoms with E-state index in [2.05, 4.69) is 6.92 Å². The van der Waals surface area contributed by atoms with Gasteiger partial charge in [-0.3, -0.25) is 0 Å². The minimum Gasteiger partial charge on any atom is -0.744 e. The fourth-order valence-corrected chi connectivity index (χ4v) is 3.49. The Morgan fingerprint density at radius 2 is 1.43 bits per heavy atom. The molecule has 28 heavy (non-hydrogen) atoms. The van der Waals surface area contributed by atoms with Crippen molar-refractivity contribution < 1.29 is 52.4 Å². The van der Waals surface area contributed by atoms with Crippen molar-refractivity contribution in [3.05, 3.63) is 29.8 Å². The molecule has 0 spiro atoms. The van der Waals surface area contributed by atoms with Crippen LogP contribution in [-0.4, -0.2) is 31.0 Å². The molecule has 1 rings (SSSR count). The van der Waals surface area contributed by atoms with Crippen molar-refractivity contribution in [2.24, 2.45) is 0 Å². The number of hydrogen-bond donors (Lipinski definition) is 1. The van der Waals surface area contributed by atoms with E-state index >= 15 is 0 Å². The SMILES string of the molecule is CCCCCCCCCCCCC(O)OCCc1ccc(S(=O)(=O)[O-])cc1.[Na+]. The predicted molar refractivity (Wildman–Crippen MR) is 107 cm³/mol. The topological polar surface area (TPSA) is 86.7 Å². The van der Waals surface area contributed by atoms with Gasteiger partial charge >= 0.3 is 29.6 Å². The van der Waals surface area contributed by atoms with Crippen LogP contribution in [0.5, 0.6) is 0 Å². The zero-order valence-electron chi connectivity index (χ0n) is 17.6. The Labute approximate surface area is 193 Å². The Balaban J connectivity index is 0.00000729. The molecule has 0 heterocycles. The average Bonchev–Trinajstić information content (AvgIpc) is 2.63. The van der Waals surface area contributed by atoms with E-state index in [-0.39, 0.29) is 34.5 Å². The maximum Gasteiger partial charge on any atom is 1.00 e. The zero-order valence-corrected chi connectivity index (χ0v) is 20.4. The van der Waals surface area contributed by atoms with E-state index in [1.54, 1.807) is 12.1 Å². The fraction of sp³-hybridized carbons (Fsp3) is 0.714. The number of aliphatic hydroxyl groups is 1. The molecular formula is C21H35NaO5S. The molecule has 0 aliphatic carbocycles. The Bertz CT molecular complexity index is 589. The summed E-state index contributed by atoms with van der Waals surface area (Å²) in [6, 6.07) is 5.81. The third-order valence-electron chi connectivity index (χ3n) is 4.72. The molecule has 156 valence electrons.